The molecule has 1 aliphatic heterocycles. The highest BCUT2D eigenvalue weighted by atomic mass is 16.5. The third-order valence-electron chi connectivity index (χ3n) is 7.77. The molecule has 4 fully saturated rings. The van der Waals surface area contributed by atoms with Crippen molar-refractivity contribution in [3.63, 3.8) is 0 Å². The Bertz CT molecular complexity index is 911. The molecule has 1 aromatic rings. The summed E-state index contributed by atoms with van der Waals surface area (Å²) in [5.74, 6) is 3.28. The normalized spacial score (nSPS) is 35.1. The maximum Gasteiger partial charge on any atom is 0.163 e. The summed E-state index contributed by atoms with van der Waals surface area (Å²) in [4.78, 5) is 13.6. The van der Waals surface area contributed by atoms with Gasteiger partial charge in [0.15, 0.2) is 5.78 Å². The fraction of sp³-hybridized carbons (Fsp3) is 0.583. The van der Waals surface area contributed by atoms with E-state index in [1.807, 2.05) is 18.2 Å². The van der Waals surface area contributed by atoms with Crippen LogP contribution in [0, 0.1) is 23.2 Å². The second-order valence-corrected chi connectivity index (χ2v) is 10.4. The smallest absolute Gasteiger partial charge is 0.163 e. The van der Waals surface area contributed by atoms with Crippen molar-refractivity contribution >= 4 is 17.7 Å². The monoisotopic (exact) mass is 394 g/mol. The average molecular weight is 395 g/mol. The molecule has 2 atom stereocenters. The maximum absolute atomic E-state index is 13.6. The summed E-state index contributed by atoms with van der Waals surface area (Å²) in [6, 6.07) is 3.97. The number of benzene rings is 1. The van der Waals surface area contributed by atoms with Gasteiger partial charge in [0.25, 0.3) is 0 Å². The first-order valence-corrected chi connectivity index (χ1v) is 10.8. The molecule has 29 heavy (non-hydrogen) atoms. The van der Waals surface area contributed by atoms with Crippen molar-refractivity contribution in [2.75, 3.05) is 7.11 Å². The van der Waals surface area contributed by atoms with Crippen LogP contribution in [0.2, 0.25) is 0 Å². The topological polar surface area (TPSA) is 70.9 Å². The fourth-order valence-corrected chi connectivity index (χ4v) is 6.84. The third kappa shape index (κ3) is 2.97. The van der Waals surface area contributed by atoms with E-state index < -0.39 is 0 Å². The van der Waals surface area contributed by atoms with Crippen molar-refractivity contribution in [1.82, 2.24) is 5.32 Å². The van der Waals surface area contributed by atoms with Gasteiger partial charge in [-0.3, -0.25) is 4.79 Å². The van der Waals surface area contributed by atoms with E-state index >= 15 is 0 Å². The van der Waals surface area contributed by atoms with Crippen molar-refractivity contribution in [3.8, 4) is 5.75 Å². The molecule has 5 nitrogen and oxygen atoms in total. The lowest BCUT2D eigenvalue weighted by molar-refractivity contribution is -0.126. The number of ketones is 1. The summed E-state index contributed by atoms with van der Waals surface area (Å²) in [7, 11) is 1.62. The van der Waals surface area contributed by atoms with Crippen molar-refractivity contribution in [2.24, 2.45) is 28.3 Å². The Labute approximate surface area is 172 Å². The summed E-state index contributed by atoms with van der Waals surface area (Å²) in [5, 5.41) is 15.8. The number of hydrogen-bond donors (Lipinski definition) is 2. The van der Waals surface area contributed by atoms with E-state index in [2.05, 4.69) is 24.3 Å². The van der Waals surface area contributed by atoms with Crippen LogP contribution in [-0.2, 0) is 11.2 Å². The highest BCUT2D eigenvalue weighted by molar-refractivity contribution is 6.01. The Balaban J connectivity index is 1.55. The van der Waals surface area contributed by atoms with Crippen LogP contribution in [0.1, 0.15) is 62.6 Å². The van der Waals surface area contributed by atoms with Crippen LogP contribution >= 0.6 is 0 Å². The van der Waals surface area contributed by atoms with Crippen LogP contribution in [0.4, 0.5) is 0 Å². The van der Waals surface area contributed by atoms with Crippen molar-refractivity contribution in [2.45, 2.75) is 57.9 Å². The van der Waals surface area contributed by atoms with Gasteiger partial charge in [-0.1, -0.05) is 5.16 Å². The molecule has 0 amide bonds. The minimum absolute atomic E-state index is 0.130. The van der Waals surface area contributed by atoms with Gasteiger partial charge in [0.1, 0.15) is 5.75 Å². The SMILES string of the molecule is COc1cc2c(cc1/C=N/O)/C(=C/C(=O)C13CC4CC(C1)C(C4)C3)NC(C)(C)C2. The van der Waals surface area contributed by atoms with Crippen LogP contribution < -0.4 is 10.1 Å². The molecule has 0 aromatic heterocycles. The fourth-order valence-electron chi connectivity index (χ4n) is 6.84. The van der Waals surface area contributed by atoms with E-state index in [4.69, 9.17) is 9.94 Å². The largest absolute Gasteiger partial charge is 0.496 e. The van der Waals surface area contributed by atoms with Gasteiger partial charge in [-0.2, -0.15) is 0 Å². The number of nitrogens with one attached hydrogen (secondary N) is 1. The summed E-state index contributed by atoms with van der Waals surface area (Å²) >= 11 is 0. The molecule has 0 saturated heterocycles. The molecule has 154 valence electrons. The minimum Gasteiger partial charge on any atom is -0.496 e. The zero-order valence-electron chi connectivity index (χ0n) is 17.5. The lowest BCUT2D eigenvalue weighted by Crippen LogP contribution is -2.44. The molecule has 5 aliphatic rings. The summed E-state index contributed by atoms with van der Waals surface area (Å²) < 4.78 is 5.49. The lowest BCUT2D eigenvalue weighted by Gasteiger charge is -2.38. The van der Waals surface area contributed by atoms with E-state index in [9.17, 15) is 4.79 Å². The molecule has 4 saturated carbocycles. The van der Waals surface area contributed by atoms with Crippen molar-refractivity contribution in [3.05, 3.63) is 34.9 Å². The van der Waals surface area contributed by atoms with E-state index in [0.29, 0.717) is 17.1 Å². The minimum atomic E-state index is -0.151. The molecule has 0 spiro atoms. The number of carbonyl (C=O) groups is 1. The van der Waals surface area contributed by atoms with E-state index in [-0.39, 0.29) is 11.0 Å². The summed E-state index contributed by atoms with van der Waals surface area (Å²) in [6.07, 6.45) is 10.0. The summed E-state index contributed by atoms with van der Waals surface area (Å²) in [6.45, 7) is 4.31. The average Bonchev–Trinajstić information content (AvgIpc) is 3.08. The molecular weight excluding hydrogens is 364 g/mol. The van der Waals surface area contributed by atoms with Crippen LogP contribution in [0.5, 0.6) is 5.75 Å². The standard InChI is InChI=1S/C24H30N2O3/c1-23(2)10-17-7-21(29-3)18(13-25-28)6-19(17)20(26-23)8-22(27)24-9-14-4-15(11-24)16(5-14)12-24/h6-8,13-16,26,28H,4-5,9-12H2,1-3H3/b20-8-,25-13+. The van der Waals surface area contributed by atoms with E-state index in [1.54, 1.807) is 7.11 Å². The van der Waals surface area contributed by atoms with Gasteiger partial charge in [-0.25, -0.2) is 0 Å². The van der Waals surface area contributed by atoms with Crippen molar-refractivity contribution in [1.29, 1.82) is 0 Å². The number of hydrogen-bond acceptors (Lipinski definition) is 5. The molecule has 0 radical (unpaired) electrons. The maximum atomic E-state index is 13.6. The van der Waals surface area contributed by atoms with Crippen molar-refractivity contribution < 1.29 is 14.7 Å². The number of nitrogens with zero attached hydrogens (tertiary/aromatic N) is 1. The number of fused-ring (bicyclic) bond motifs is 1. The summed E-state index contributed by atoms with van der Waals surface area (Å²) in [5.41, 5.74) is 3.45. The molecule has 2 N–H and O–H groups in total. The Hall–Kier alpha value is -2.30. The Morgan fingerprint density at radius 1 is 1.24 bits per heavy atom. The number of carbonyl (C=O) groups excluding carboxylic acids is 1. The Morgan fingerprint density at radius 2 is 1.97 bits per heavy atom. The molecule has 4 bridgehead atoms. The van der Waals surface area contributed by atoms with Gasteiger partial charge in [0, 0.05) is 33.9 Å². The highest BCUT2D eigenvalue weighted by Crippen LogP contribution is 2.64. The lowest BCUT2D eigenvalue weighted by atomic mass is 9.67. The van der Waals surface area contributed by atoms with Crippen LogP contribution in [0.15, 0.2) is 23.4 Å². The van der Waals surface area contributed by atoms with Gasteiger partial charge in [0.2, 0.25) is 0 Å². The number of rotatable bonds is 4. The third-order valence-corrected chi connectivity index (χ3v) is 7.77. The van der Waals surface area contributed by atoms with E-state index in [1.165, 1.54) is 19.1 Å². The number of oxime groups is 1. The van der Waals surface area contributed by atoms with Gasteiger partial charge in [-0.05, 0) is 87.8 Å². The highest BCUT2D eigenvalue weighted by Gasteiger charge is 2.58. The van der Waals surface area contributed by atoms with Gasteiger partial charge in [0.05, 0.1) is 13.3 Å². The molecule has 2 unspecified atom stereocenters. The zero-order chi connectivity index (χ0) is 20.4. The molecule has 5 heteroatoms. The first-order valence-electron chi connectivity index (χ1n) is 10.8. The first kappa shape index (κ1) is 18.7. The Kier molecular flexibility index (Phi) is 4.10. The first-order chi connectivity index (χ1) is 13.8. The van der Waals surface area contributed by atoms with Crippen LogP contribution in [0.25, 0.3) is 5.70 Å². The number of ether oxygens (including phenoxy) is 1. The molecule has 6 rings (SSSR count). The Morgan fingerprint density at radius 3 is 2.59 bits per heavy atom. The predicted molar refractivity (Wildman–Crippen MR) is 112 cm³/mol. The number of methoxy groups -OCH3 is 1. The second-order valence-electron chi connectivity index (χ2n) is 10.4. The van der Waals surface area contributed by atoms with Gasteiger partial charge in [-0.15, -0.1) is 0 Å². The van der Waals surface area contributed by atoms with Gasteiger partial charge < -0.3 is 15.3 Å². The van der Waals surface area contributed by atoms with Crippen LogP contribution in [0.3, 0.4) is 0 Å². The second kappa shape index (κ2) is 6.35. The zero-order valence-corrected chi connectivity index (χ0v) is 17.5. The molecular formula is C24H30N2O3. The predicted octanol–water partition coefficient (Wildman–Crippen LogP) is 4.16. The number of allylic oxidation sites excluding steroid dienone is 1. The molecule has 4 aliphatic carbocycles. The quantitative estimate of drug-likeness (QED) is 0.348. The molecule has 1 heterocycles. The van der Waals surface area contributed by atoms with Gasteiger partial charge >= 0.3 is 0 Å². The van der Waals surface area contributed by atoms with E-state index in [0.717, 1.165) is 60.3 Å². The molecule has 1 aromatic carbocycles. The van der Waals surface area contributed by atoms with Crippen LogP contribution in [-0.4, -0.2) is 29.9 Å².